The van der Waals surface area contributed by atoms with E-state index in [0.717, 1.165) is 4.90 Å². The molecule has 9 nitrogen and oxygen atoms in total. The van der Waals surface area contributed by atoms with Gasteiger partial charge in [0.2, 0.25) is 5.91 Å². The largest absolute Gasteiger partial charge is 0.444 e. The van der Waals surface area contributed by atoms with Crippen LogP contribution in [0.15, 0.2) is 35.2 Å². The van der Waals surface area contributed by atoms with E-state index in [9.17, 15) is 14.4 Å². The Morgan fingerprint density at radius 1 is 1.35 bits per heavy atom. The van der Waals surface area contributed by atoms with Crippen LogP contribution in [-0.4, -0.2) is 47.8 Å². The van der Waals surface area contributed by atoms with E-state index in [1.165, 1.54) is 16.7 Å². The summed E-state index contributed by atoms with van der Waals surface area (Å²) >= 11 is 7.45. The van der Waals surface area contributed by atoms with Gasteiger partial charge in [-0.15, -0.1) is 11.8 Å². The van der Waals surface area contributed by atoms with Crippen LogP contribution in [0.4, 0.5) is 22.1 Å². The van der Waals surface area contributed by atoms with Crippen molar-refractivity contribution in [1.82, 2.24) is 10.3 Å². The highest BCUT2D eigenvalue weighted by atomic mass is 35.5. The molecule has 0 spiro atoms. The van der Waals surface area contributed by atoms with Gasteiger partial charge in [-0.3, -0.25) is 14.5 Å². The summed E-state index contributed by atoms with van der Waals surface area (Å²) in [7, 11) is 0. The summed E-state index contributed by atoms with van der Waals surface area (Å²) < 4.78 is 5.42. The molecule has 2 aliphatic rings. The predicted octanol–water partition coefficient (Wildman–Crippen LogP) is 2.90. The Bertz CT molecular complexity index is 1030. The highest BCUT2D eigenvalue weighted by molar-refractivity contribution is 8.00. The molecule has 1 aromatic heterocycles. The highest BCUT2D eigenvalue weighted by Crippen LogP contribution is 2.33. The number of pyridine rings is 1. The van der Waals surface area contributed by atoms with Crippen LogP contribution < -0.4 is 21.3 Å². The van der Waals surface area contributed by atoms with Crippen LogP contribution >= 0.6 is 23.4 Å². The lowest BCUT2D eigenvalue weighted by Gasteiger charge is -2.18. The maximum absolute atomic E-state index is 12.3. The van der Waals surface area contributed by atoms with E-state index in [1.807, 2.05) is 6.07 Å². The molecule has 1 aromatic carbocycles. The van der Waals surface area contributed by atoms with Crippen LogP contribution in [0.2, 0.25) is 5.02 Å². The Hall–Kier alpha value is -2.98. The second-order valence-electron chi connectivity index (χ2n) is 7.07. The fourth-order valence-corrected chi connectivity index (χ4v) is 4.39. The number of anilines is 3. The van der Waals surface area contributed by atoms with Crippen LogP contribution in [-0.2, 0) is 9.53 Å². The molecular weight excluding hydrogens is 442 g/mol. The van der Waals surface area contributed by atoms with Crippen LogP contribution in [0.3, 0.4) is 0 Å². The van der Waals surface area contributed by atoms with Gasteiger partial charge in [0.1, 0.15) is 17.7 Å². The number of nitrogens with two attached hydrogens (primary N) is 1. The van der Waals surface area contributed by atoms with Crippen molar-refractivity contribution in [2.24, 2.45) is 0 Å². The molecular formula is C20H20ClN5O4S. The molecule has 3 heterocycles. The van der Waals surface area contributed by atoms with Gasteiger partial charge in [0.15, 0.2) is 0 Å². The third-order valence-electron chi connectivity index (χ3n) is 4.87. The number of cyclic esters (lactones) is 1. The number of benzene rings is 1. The molecule has 11 heteroatoms. The third kappa shape index (κ3) is 4.70. The molecule has 0 aliphatic carbocycles. The molecule has 0 bridgehead atoms. The molecule has 162 valence electrons. The predicted molar refractivity (Wildman–Crippen MR) is 119 cm³/mol. The van der Waals surface area contributed by atoms with E-state index in [2.05, 4.69) is 15.6 Å². The lowest BCUT2D eigenvalue weighted by molar-refractivity contribution is -0.113. The van der Waals surface area contributed by atoms with Crippen molar-refractivity contribution in [2.45, 2.75) is 23.8 Å². The second-order valence-corrected chi connectivity index (χ2v) is 8.50. The van der Waals surface area contributed by atoms with Gasteiger partial charge >= 0.3 is 6.09 Å². The third-order valence-corrected chi connectivity index (χ3v) is 6.23. The van der Waals surface area contributed by atoms with Gasteiger partial charge in [-0.1, -0.05) is 17.7 Å². The Labute approximate surface area is 187 Å². The topological polar surface area (TPSA) is 127 Å². The number of nitrogen functional groups attached to an aromatic ring is 1. The number of nitrogens with one attached hydrogen (secondary N) is 2. The van der Waals surface area contributed by atoms with Crippen molar-refractivity contribution in [2.75, 3.05) is 34.8 Å². The van der Waals surface area contributed by atoms with Gasteiger partial charge in [-0.2, -0.15) is 0 Å². The minimum Gasteiger partial charge on any atom is -0.444 e. The average molecular weight is 462 g/mol. The maximum atomic E-state index is 12.3. The standard InChI is InChI=1S/C20H20ClN5O4S/c21-12-4-1-5-13(22)17(12)19(28)23-8-2-3-11-9-26(20(29)30-11)15-7-6-14-18(24-15)25-16(27)10-31-14/h1,4-7,11H,2-3,8-10,22H2,(H,23,28)(H,24,25,27). The summed E-state index contributed by atoms with van der Waals surface area (Å²) in [6.45, 7) is 0.731. The summed E-state index contributed by atoms with van der Waals surface area (Å²) in [6, 6.07) is 8.47. The molecule has 4 rings (SSSR count). The van der Waals surface area contributed by atoms with Crippen LogP contribution in [0, 0.1) is 0 Å². The van der Waals surface area contributed by atoms with Crippen molar-refractivity contribution in [3.63, 3.8) is 0 Å². The molecule has 1 fully saturated rings. The number of nitrogens with zero attached hydrogens (tertiary/aromatic N) is 2. The summed E-state index contributed by atoms with van der Waals surface area (Å²) in [4.78, 5) is 42.9. The zero-order valence-corrected chi connectivity index (χ0v) is 18.0. The van der Waals surface area contributed by atoms with Gasteiger partial charge in [0.05, 0.1) is 27.8 Å². The van der Waals surface area contributed by atoms with Crippen molar-refractivity contribution in [3.8, 4) is 0 Å². The lowest BCUT2D eigenvalue weighted by atomic mass is 10.1. The van der Waals surface area contributed by atoms with Gasteiger partial charge in [0.25, 0.3) is 5.91 Å². The van der Waals surface area contributed by atoms with Crippen LogP contribution in [0.25, 0.3) is 0 Å². The highest BCUT2D eigenvalue weighted by Gasteiger charge is 2.33. The first-order valence-electron chi connectivity index (χ1n) is 9.66. The summed E-state index contributed by atoms with van der Waals surface area (Å²) in [5, 5.41) is 5.80. The van der Waals surface area contributed by atoms with Crippen LogP contribution in [0.5, 0.6) is 0 Å². The fourth-order valence-electron chi connectivity index (χ4n) is 3.36. The average Bonchev–Trinajstić information content (AvgIpc) is 3.11. The first kappa shape index (κ1) is 21.3. The number of fused-ring (bicyclic) bond motifs is 1. The van der Waals surface area contributed by atoms with E-state index < -0.39 is 6.09 Å². The minimum absolute atomic E-state index is 0.121. The van der Waals surface area contributed by atoms with Crippen LogP contribution in [0.1, 0.15) is 23.2 Å². The Morgan fingerprint density at radius 2 is 2.19 bits per heavy atom. The van der Waals surface area contributed by atoms with E-state index in [-0.39, 0.29) is 23.5 Å². The van der Waals surface area contributed by atoms with E-state index in [1.54, 1.807) is 24.3 Å². The Kier molecular flexibility index (Phi) is 6.19. The van der Waals surface area contributed by atoms with E-state index in [4.69, 9.17) is 22.1 Å². The molecule has 3 amide bonds. The number of carbonyl (C=O) groups is 3. The summed E-state index contributed by atoms with van der Waals surface area (Å²) in [6.07, 6.45) is 0.362. The SMILES string of the molecule is Nc1cccc(Cl)c1C(=O)NCCCC1CN(c2ccc3c(n2)NC(=O)CS3)C(=O)O1. The number of aromatic nitrogens is 1. The molecule has 2 aromatic rings. The first-order chi connectivity index (χ1) is 14.9. The van der Waals surface area contributed by atoms with Gasteiger partial charge in [0, 0.05) is 12.2 Å². The Balaban J connectivity index is 1.29. The van der Waals surface area contributed by atoms with Crippen molar-refractivity contribution >= 4 is 58.6 Å². The molecule has 1 saturated heterocycles. The van der Waals surface area contributed by atoms with E-state index >= 15 is 0 Å². The lowest BCUT2D eigenvalue weighted by Crippen LogP contribution is -2.28. The number of rotatable bonds is 6. The molecule has 1 unspecified atom stereocenters. The smallest absolute Gasteiger partial charge is 0.415 e. The van der Waals surface area contributed by atoms with Crippen molar-refractivity contribution in [1.29, 1.82) is 0 Å². The fraction of sp³-hybridized carbons (Fsp3) is 0.300. The maximum Gasteiger partial charge on any atom is 0.415 e. The first-order valence-corrected chi connectivity index (χ1v) is 11.0. The van der Waals surface area contributed by atoms with Crippen molar-refractivity contribution < 1.29 is 19.1 Å². The number of hydrogen-bond acceptors (Lipinski definition) is 7. The van der Waals surface area contributed by atoms with Gasteiger partial charge in [-0.25, -0.2) is 9.78 Å². The number of halogens is 1. The number of hydrogen-bond donors (Lipinski definition) is 3. The van der Waals surface area contributed by atoms with Gasteiger partial charge in [-0.05, 0) is 37.1 Å². The second kappa shape index (κ2) is 9.03. The number of thioether (sulfide) groups is 1. The molecule has 1 atom stereocenters. The number of amides is 3. The Morgan fingerprint density at radius 3 is 3.00 bits per heavy atom. The monoisotopic (exact) mass is 461 g/mol. The number of carbonyl (C=O) groups excluding carboxylic acids is 3. The van der Waals surface area contributed by atoms with Gasteiger partial charge < -0.3 is 21.1 Å². The molecule has 0 radical (unpaired) electrons. The summed E-state index contributed by atoms with van der Waals surface area (Å²) in [5.74, 6) is 0.769. The van der Waals surface area contributed by atoms with E-state index in [0.29, 0.717) is 54.0 Å². The molecule has 2 aliphatic heterocycles. The minimum atomic E-state index is -0.486. The molecule has 0 saturated carbocycles. The zero-order chi connectivity index (χ0) is 22.0. The zero-order valence-electron chi connectivity index (χ0n) is 16.4. The molecule has 31 heavy (non-hydrogen) atoms. The van der Waals surface area contributed by atoms with Crippen molar-refractivity contribution in [3.05, 3.63) is 40.9 Å². The normalized spacial score (nSPS) is 17.7. The molecule has 4 N–H and O–H groups in total. The number of ether oxygens (including phenoxy) is 1. The summed E-state index contributed by atoms with van der Waals surface area (Å²) in [5.41, 5.74) is 6.40. The quantitative estimate of drug-likeness (QED) is 0.446.